The summed E-state index contributed by atoms with van der Waals surface area (Å²) < 4.78 is 0. The number of benzene rings is 1. The van der Waals surface area contributed by atoms with E-state index in [-0.39, 0.29) is 17.4 Å². The first-order valence-corrected chi connectivity index (χ1v) is 5.96. The number of rotatable bonds is 3. The van der Waals surface area contributed by atoms with Crippen molar-refractivity contribution in [2.75, 3.05) is 5.32 Å². The maximum Gasteiger partial charge on any atom is 0.287 e. The van der Waals surface area contributed by atoms with Crippen molar-refractivity contribution in [1.29, 1.82) is 0 Å². The van der Waals surface area contributed by atoms with E-state index in [2.05, 4.69) is 10.3 Å². The quantitative estimate of drug-likeness (QED) is 0.687. The zero-order chi connectivity index (χ0) is 14.7. The lowest BCUT2D eigenvalue weighted by Gasteiger charge is -2.06. The Labute approximate surface area is 115 Å². The van der Waals surface area contributed by atoms with Crippen LogP contribution in [0.1, 0.15) is 21.5 Å². The minimum Gasteiger partial charge on any atom is -0.307 e. The fourth-order valence-electron chi connectivity index (χ4n) is 1.64. The van der Waals surface area contributed by atoms with E-state index in [0.29, 0.717) is 5.56 Å². The summed E-state index contributed by atoms with van der Waals surface area (Å²) in [5, 5.41) is 13.1. The lowest BCUT2D eigenvalue weighted by molar-refractivity contribution is -0.385. The molecule has 1 N–H and O–H groups in total. The number of amides is 1. The van der Waals surface area contributed by atoms with Crippen LogP contribution in [0.25, 0.3) is 0 Å². The molecule has 6 heteroatoms. The average Bonchev–Trinajstić information content (AvgIpc) is 2.42. The highest BCUT2D eigenvalue weighted by atomic mass is 16.6. The number of carbonyl (C=O) groups excluding carboxylic acids is 1. The molecule has 0 aliphatic rings. The zero-order valence-corrected chi connectivity index (χ0v) is 11.1. The van der Waals surface area contributed by atoms with E-state index < -0.39 is 4.92 Å². The molecule has 1 aromatic heterocycles. The molecule has 0 saturated heterocycles. The van der Waals surface area contributed by atoms with Gasteiger partial charge in [0.15, 0.2) is 0 Å². The predicted molar refractivity (Wildman–Crippen MR) is 74.8 cm³/mol. The Hall–Kier alpha value is -2.76. The number of anilines is 1. The number of aryl methyl sites for hydroxylation is 2. The fourth-order valence-corrected chi connectivity index (χ4v) is 1.64. The maximum atomic E-state index is 12.0. The first-order chi connectivity index (χ1) is 9.47. The molecule has 1 heterocycles. The highest BCUT2D eigenvalue weighted by Crippen LogP contribution is 2.14. The summed E-state index contributed by atoms with van der Waals surface area (Å²) >= 11 is 0. The molecular formula is C14H13N3O3. The monoisotopic (exact) mass is 271 g/mol. The molecule has 0 unspecified atom stereocenters. The Morgan fingerprint density at radius 1 is 1.20 bits per heavy atom. The van der Waals surface area contributed by atoms with Crippen molar-refractivity contribution >= 4 is 17.4 Å². The SMILES string of the molecule is Cc1ccc(C(=O)Nc2ccc([N+](=O)[O-])cn2)cc1C. The maximum absolute atomic E-state index is 12.0. The van der Waals surface area contributed by atoms with E-state index in [1.807, 2.05) is 19.9 Å². The van der Waals surface area contributed by atoms with Gasteiger partial charge >= 0.3 is 0 Å². The van der Waals surface area contributed by atoms with Crippen LogP contribution in [-0.2, 0) is 0 Å². The van der Waals surface area contributed by atoms with Crippen LogP contribution in [-0.4, -0.2) is 15.8 Å². The van der Waals surface area contributed by atoms with Crippen molar-refractivity contribution in [2.45, 2.75) is 13.8 Å². The minimum absolute atomic E-state index is 0.117. The molecule has 0 aliphatic carbocycles. The van der Waals surface area contributed by atoms with E-state index in [4.69, 9.17) is 0 Å². The molecule has 102 valence electrons. The van der Waals surface area contributed by atoms with Crippen LogP contribution in [0.3, 0.4) is 0 Å². The van der Waals surface area contributed by atoms with Gasteiger partial charge in [0.2, 0.25) is 0 Å². The number of aromatic nitrogens is 1. The molecule has 0 spiro atoms. The van der Waals surface area contributed by atoms with Gasteiger partial charge < -0.3 is 5.32 Å². The van der Waals surface area contributed by atoms with Crippen molar-refractivity contribution in [3.8, 4) is 0 Å². The van der Waals surface area contributed by atoms with E-state index in [1.54, 1.807) is 12.1 Å². The van der Waals surface area contributed by atoms with Crippen LogP contribution in [0.5, 0.6) is 0 Å². The third-order valence-corrected chi connectivity index (χ3v) is 2.97. The topological polar surface area (TPSA) is 85.1 Å². The first-order valence-electron chi connectivity index (χ1n) is 5.96. The Morgan fingerprint density at radius 3 is 2.50 bits per heavy atom. The van der Waals surface area contributed by atoms with Crippen LogP contribution < -0.4 is 5.32 Å². The number of carbonyl (C=O) groups is 1. The summed E-state index contributed by atoms with van der Waals surface area (Å²) in [7, 11) is 0. The van der Waals surface area contributed by atoms with Crippen LogP contribution in [0, 0.1) is 24.0 Å². The minimum atomic E-state index is -0.540. The van der Waals surface area contributed by atoms with Gasteiger partial charge in [0.1, 0.15) is 12.0 Å². The molecular weight excluding hydrogens is 258 g/mol. The Bertz CT molecular complexity index is 666. The molecule has 0 saturated carbocycles. The van der Waals surface area contributed by atoms with Crippen molar-refractivity contribution in [3.63, 3.8) is 0 Å². The second kappa shape index (κ2) is 5.48. The van der Waals surface area contributed by atoms with Crippen LogP contribution >= 0.6 is 0 Å². The molecule has 0 atom stereocenters. The molecule has 1 amide bonds. The molecule has 0 bridgehead atoms. The number of hydrogen-bond donors (Lipinski definition) is 1. The van der Waals surface area contributed by atoms with Crippen LogP contribution in [0.15, 0.2) is 36.5 Å². The molecule has 2 rings (SSSR count). The van der Waals surface area contributed by atoms with Gasteiger partial charge in [0, 0.05) is 11.6 Å². The molecule has 6 nitrogen and oxygen atoms in total. The van der Waals surface area contributed by atoms with E-state index in [9.17, 15) is 14.9 Å². The van der Waals surface area contributed by atoms with Crippen LogP contribution in [0.2, 0.25) is 0 Å². The smallest absolute Gasteiger partial charge is 0.287 e. The van der Waals surface area contributed by atoms with Crippen molar-refractivity contribution in [3.05, 3.63) is 63.3 Å². The summed E-state index contributed by atoms with van der Waals surface area (Å²) in [5.74, 6) is -0.0201. The van der Waals surface area contributed by atoms with Gasteiger partial charge in [-0.15, -0.1) is 0 Å². The van der Waals surface area contributed by atoms with Gasteiger partial charge in [-0.3, -0.25) is 14.9 Å². The van der Waals surface area contributed by atoms with Crippen molar-refractivity contribution < 1.29 is 9.72 Å². The highest BCUT2D eigenvalue weighted by molar-refractivity contribution is 6.03. The summed E-state index contributed by atoms with van der Waals surface area (Å²) in [4.78, 5) is 25.8. The standard InChI is InChI=1S/C14H13N3O3/c1-9-3-4-11(7-10(9)2)14(18)16-13-6-5-12(8-15-13)17(19)20/h3-8H,1-2H3,(H,15,16,18). The second-order valence-electron chi connectivity index (χ2n) is 4.41. The molecule has 0 aliphatic heterocycles. The Balaban J connectivity index is 2.14. The molecule has 0 fully saturated rings. The first kappa shape index (κ1) is 13.7. The third kappa shape index (κ3) is 2.97. The average molecular weight is 271 g/mol. The number of nitrogens with one attached hydrogen (secondary N) is 1. The number of nitrogens with zero attached hydrogens (tertiary/aromatic N) is 2. The van der Waals surface area contributed by atoms with Gasteiger partial charge in [-0.1, -0.05) is 6.07 Å². The third-order valence-electron chi connectivity index (χ3n) is 2.97. The van der Waals surface area contributed by atoms with Crippen molar-refractivity contribution in [2.24, 2.45) is 0 Å². The van der Waals surface area contributed by atoms with Gasteiger partial charge in [0.25, 0.3) is 11.6 Å². The molecule has 0 radical (unpaired) electrons. The number of nitro groups is 1. The summed E-state index contributed by atoms with van der Waals surface area (Å²) in [6.07, 6.45) is 1.11. The van der Waals surface area contributed by atoms with E-state index >= 15 is 0 Å². The van der Waals surface area contributed by atoms with Gasteiger partial charge in [-0.25, -0.2) is 4.98 Å². The molecule has 2 aromatic rings. The largest absolute Gasteiger partial charge is 0.307 e. The van der Waals surface area contributed by atoms with Crippen molar-refractivity contribution in [1.82, 2.24) is 4.98 Å². The zero-order valence-electron chi connectivity index (χ0n) is 11.1. The Kier molecular flexibility index (Phi) is 3.74. The highest BCUT2D eigenvalue weighted by Gasteiger charge is 2.10. The molecule has 20 heavy (non-hydrogen) atoms. The number of pyridine rings is 1. The van der Waals surface area contributed by atoms with E-state index in [0.717, 1.165) is 17.3 Å². The van der Waals surface area contributed by atoms with Crippen LogP contribution in [0.4, 0.5) is 11.5 Å². The molecule has 1 aromatic carbocycles. The fraction of sp³-hybridized carbons (Fsp3) is 0.143. The summed E-state index contributed by atoms with van der Waals surface area (Å²) in [5.41, 5.74) is 2.53. The van der Waals surface area contributed by atoms with E-state index in [1.165, 1.54) is 12.1 Å². The van der Waals surface area contributed by atoms with Gasteiger partial charge in [-0.2, -0.15) is 0 Å². The lowest BCUT2D eigenvalue weighted by atomic mass is 10.1. The summed E-state index contributed by atoms with van der Waals surface area (Å²) in [6, 6.07) is 8.08. The summed E-state index contributed by atoms with van der Waals surface area (Å²) in [6.45, 7) is 3.89. The second-order valence-corrected chi connectivity index (χ2v) is 4.41. The Morgan fingerprint density at radius 2 is 1.95 bits per heavy atom. The number of hydrogen-bond acceptors (Lipinski definition) is 4. The van der Waals surface area contributed by atoms with Gasteiger partial charge in [-0.05, 0) is 43.2 Å². The predicted octanol–water partition coefficient (Wildman–Crippen LogP) is 2.86. The lowest BCUT2D eigenvalue weighted by Crippen LogP contribution is -2.13. The van der Waals surface area contributed by atoms with Gasteiger partial charge in [0.05, 0.1) is 4.92 Å². The normalized spacial score (nSPS) is 10.1.